The Labute approximate surface area is 139 Å². The first-order valence-electron chi connectivity index (χ1n) is 8.15. The number of hydrogen-bond acceptors (Lipinski definition) is 4. The maximum absolute atomic E-state index is 11.8. The summed E-state index contributed by atoms with van der Waals surface area (Å²) in [5, 5.41) is 10.4. The zero-order valence-corrected chi connectivity index (χ0v) is 14.4. The first-order valence-corrected chi connectivity index (χ1v) is 8.15. The molecule has 1 aromatic heterocycles. The van der Waals surface area contributed by atoms with Gasteiger partial charge < -0.3 is 15.2 Å². The number of rotatable bonds is 8. The van der Waals surface area contributed by atoms with Gasteiger partial charge in [0.1, 0.15) is 0 Å². The molecule has 126 valence electrons. The number of carbonyl (C=O) groups excluding carboxylic acids is 1. The summed E-state index contributed by atoms with van der Waals surface area (Å²) in [4.78, 5) is 11.8. The van der Waals surface area contributed by atoms with Crippen LogP contribution in [0.4, 0.5) is 0 Å². The molecule has 1 aromatic rings. The fourth-order valence-electron chi connectivity index (χ4n) is 2.88. The van der Waals surface area contributed by atoms with Gasteiger partial charge in [-0.25, -0.2) is 0 Å². The minimum absolute atomic E-state index is 0. The van der Waals surface area contributed by atoms with Crippen molar-refractivity contribution in [2.75, 3.05) is 13.1 Å². The molecule has 1 aliphatic rings. The molecular weight excluding hydrogens is 302 g/mol. The van der Waals surface area contributed by atoms with E-state index < -0.39 is 0 Å². The molecule has 0 aliphatic carbocycles. The minimum Gasteiger partial charge on any atom is -0.359 e. The molecule has 1 atom stereocenters. The summed E-state index contributed by atoms with van der Waals surface area (Å²) in [6, 6.07) is 1.97. The van der Waals surface area contributed by atoms with Gasteiger partial charge in [-0.15, -0.1) is 12.4 Å². The number of hydrogen-bond donors (Lipinski definition) is 2. The van der Waals surface area contributed by atoms with Crippen LogP contribution in [0.3, 0.4) is 0 Å². The van der Waals surface area contributed by atoms with E-state index in [-0.39, 0.29) is 18.3 Å². The van der Waals surface area contributed by atoms with Gasteiger partial charge in [-0.3, -0.25) is 4.79 Å². The lowest BCUT2D eigenvalue weighted by atomic mass is 9.99. The van der Waals surface area contributed by atoms with Gasteiger partial charge in [0.25, 0.3) is 0 Å². The van der Waals surface area contributed by atoms with Gasteiger partial charge in [-0.05, 0) is 44.7 Å². The van der Waals surface area contributed by atoms with Gasteiger partial charge in [0.15, 0.2) is 5.76 Å². The summed E-state index contributed by atoms with van der Waals surface area (Å²) < 4.78 is 5.30. The molecule has 1 aliphatic heterocycles. The van der Waals surface area contributed by atoms with Crippen LogP contribution in [0, 0.1) is 5.92 Å². The molecular formula is C16H28ClN3O2. The summed E-state index contributed by atoms with van der Waals surface area (Å²) in [6.45, 7) is 6.89. The van der Waals surface area contributed by atoms with Crippen molar-refractivity contribution in [1.82, 2.24) is 15.8 Å². The molecule has 2 rings (SSSR count). The van der Waals surface area contributed by atoms with Crippen LogP contribution in [0.15, 0.2) is 10.6 Å². The Morgan fingerprint density at radius 1 is 1.50 bits per heavy atom. The maximum atomic E-state index is 11.8. The Kier molecular flexibility index (Phi) is 8.49. The van der Waals surface area contributed by atoms with Crippen LogP contribution >= 0.6 is 12.4 Å². The van der Waals surface area contributed by atoms with Crippen molar-refractivity contribution in [2.24, 2.45) is 5.92 Å². The number of amides is 1. The van der Waals surface area contributed by atoms with E-state index in [2.05, 4.69) is 29.6 Å². The molecule has 1 amide bonds. The third-order valence-corrected chi connectivity index (χ3v) is 4.38. The lowest BCUT2D eigenvalue weighted by Gasteiger charge is -2.07. The molecule has 5 nitrogen and oxygen atoms in total. The molecule has 1 saturated heterocycles. The Bertz CT molecular complexity index is 440. The zero-order valence-electron chi connectivity index (χ0n) is 13.6. The minimum atomic E-state index is 0. The van der Waals surface area contributed by atoms with Gasteiger partial charge in [-0.2, -0.15) is 0 Å². The standard InChI is InChI=1S/C16H27N3O2.ClH/c1-3-13(4-2)15-9-14(21-19-15)11-18-16(20)6-5-12-7-8-17-10-12;/h9,12-13,17H,3-8,10-11H2,1-2H3,(H,18,20);1H. The van der Waals surface area contributed by atoms with E-state index in [1.807, 2.05) is 6.07 Å². The molecule has 2 heterocycles. The van der Waals surface area contributed by atoms with Crippen LogP contribution in [0.25, 0.3) is 0 Å². The Morgan fingerprint density at radius 3 is 2.91 bits per heavy atom. The van der Waals surface area contributed by atoms with Crippen LogP contribution in [-0.4, -0.2) is 24.2 Å². The quantitative estimate of drug-likeness (QED) is 0.769. The number of nitrogens with one attached hydrogen (secondary N) is 2. The van der Waals surface area contributed by atoms with Crippen molar-refractivity contribution in [3.8, 4) is 0 Å². The summed E-state index contributed by atoms with van der Waals surface area (Å²) >= 11 is 0. The number of halogens is 1. The van der Waals surface area contributed by atoms with Crippen molar-refractivity contribution in [3.05, 3.63) is 17.5 Å². The van der Waals surface area contributed by atoms with Crippen molar-refractivity contribution >= 4 is 18.3 Å². The van der Waals surface area contributed by atoms with E-state index in [1.54, 1.807) is 0 Å². The Hall–Kier alpha value is -1.07. The predicted molar refractivity (Wildman–Crippen MR) is 89.1 cm³/mol. The van der Waals surface area contributed by atoms with E-state index >= 15 is 0 Å². The molecule has 0 spiro atoms. The summed E-state index contributed by atoms with van der Waals surface area (Å²) in [6.07, 6.45) is 4.87. The molecule has 0 aromatic carbocycles. The molecule has 1 fully saturated rings. The summed E-state index contributed by atoms with van der Waals surface area (Å²) in [5.41, 5.74) is 1.00. The average Bonchev–Trinajstić information content (AvgIpc) is 3.16. The Morgan fingerprint density at radius 2 is 2.27 bits per heavy atom. The molecule has 0 bridgehead atoms. The normalized spacial score (nSPS) is 17.5. The SMILES string of the molecule is CCC(CC)c1cc(CNC(=O)CCC2CCNC2)on1.Cl. The highest BCUT2D eigenvalue weighted by molar-refractivity contribution is 5.85. The van der Waals surface area contributed by atoms with Crippen molar-refractivity contribution in [2.45, 2.75) is 58.4 Å². The van der Waals surface area contributed by atoms with E-state index in [1.165, 1.54) is 6.42 Å². The first kappa shape index (κ1) is 19.0. The smallest absolute Gasteiger partial charge is 0.220 e. The molecule has 0 radical (unpaired) electrons. The van der Waals surface area contributed by atoms with Gasteiger partial charge in [0.05, 0.1) is 12.2 Å². The van der Waals surface area contributed by atoms with E-state index in [9.17, 15) is 4.79 Å². The lowest BCUT2D eigenvalue weighted by molar-refractivity contribution is -0.121. The second-order valence-electron chi connectivity index (χ2n) is 5.91. The highest BCUT2D eigenvalue weighted by Crippen LogP contribution is 2.22. The van der Waals surface area contributed by atoms with Crippen molar-refractivity contribution < 1.29 is 9.32 Å². The molecule has 6 heteroatoms. The topological polar surface area (TPSA) is 67.2 Å². The third-order valence-electron chi connectivity index (χ3n) is 4.38. The van der Waals surface area contributed by atoms with Crippen molar-refractivity contribution in [3.63, 3.8) is 0 Å². The van der Waals surface area contributed by atoms with E-state index in [4.69, 9.17) is 4.52 Å². The highest BCUT2D eigenvalue weighted by atomic mass is 35.5. The zero-order chi connectivity index (χ0) is 15.1. The van der Waals surface area contributed by atoms with E-state index in [0.29, 0.717) is 24.8 Å². The summed E-state index contributed by atoms with van der Waals surface area (Å²) in [7, 11) is 0. The largest absolute Gasteiger partial charge is 0.359 e. The second kappa shape index (κ2) is 9.85. The average molecular weight is 330 g/mol. The molecule has 2 N–H and O–H groups in total. The second-order valence-corrected chi connectivity index (χ2v) is 5.91. The van der Waals surface area contributed by atoms with Gasteiger partial charge in [0, 0.05) is 18.4 Å². The fourth-order valence-corrected chi connectivity index (χ4v) is 2.88. The lowest BCUT2D eigenvalue weighted by Crippen LogP contribution is -2.23. The van der Waals surface area contributed by atoms with Crippen LogP contribution in [0.2, 0.25) is 0 Å². The van der Waals surface area contributed by atoms with Gasteiger partial charge in [-0.1, -0.05) is 19.0 Å². The van der Waals surface area contributed by atoms with Crippen molar-refractivity contribution in [1.29, 1.82) is 0 Å². The number of aromatic nitrogens is 1. The van der Waals surface area contributed by atoms with Gasteiger partial charge >= 0.3 is 0 Å². The molecule has 1 unspecified atom stereocenters. The van der Waals surface area contributed by atoms with Crippen LogP contribution in [0.5, 0.6) is 0 Å². The third kappa shape index (κ3) is 5.61. The molecule has 0 saturated carbocycles. The van der Waals surface area contributed by atoms with Crippen LogP contribution < -0.4 is 10.6 Å². The monoisotopic (exact) mass is 329 g/mol. The van der Waals surface area contributed by atoms with Gasteiger partial charge in [0.2, 0.25) is 5.91 Å². The maximum Gasteiger partial charge on any atom is 0.220 e. The number of nitrogens with zero attached hydrogens (tertiary/aromatic N) is 1. The van der Waals surface area contributed by atoms with Crippen LogP contribution in [-0.2, 0) is 11.3 Å². The predicted octanol–water partition coefficient (Wildman–Crippen LogP) is 3.01. The molecule has 22 heavy (non-hydrogen) atoms. The fraction of sp³-hybridized carbons (Fsp3) is 0.750. The highest BCUT2D eigenvalue weighted by Gasteiger charge is 2.16. The first-order chi connectivity index (χ1) is 10.2. The number of carbonyl (C=O) groups is 1. The summed E-state index contributed by atoms with van der Waals surface area (Å²) in [5.74, 6) is 1.95. The van der Waals surface area contributed by atoms with E-state index in [0.717, 1.165) is 43.8 Å². The Balaban J connectivity index is 0.00000242. The van der Waals surface area contributed by atoms with Crippen LogP contribution in [0.1, 0.15) is 63.3 Å².